The summed E-state index contributed by atoms with van der Waals surface area (Å²) < 4.78 is 0. The Labute approximate surface area is 122 Å². The molecular weight excluding hydrogens is 278 g/mol. The predicted octanol–water partition coefficient (Wildman–Crippen LogP) is 1.79. The van der Waals surface area contributed by atoms with Crippen LogP contribution in [0.3, 0.4) is 0 Å². The molecule has 1 fully saturated rings. The average Bonchev–Trinajstić information content (AvgIpc) is 2.87. The van der Waals surface area contributed by atoms with Gasteiger partial charge < -0.3 is 16.4 Å². The number of hydrogen-bond donors (Lipinski definition) is 2. The van der Waals surface area contributed by atoms with Gasteiger partial charge in [0.1, 0.15) is 0 Å². The third-order valence-corrected chi connectivity index (χ3v) is 3.74. The number of amides is 2. The van der Waals surface area contributed by atoms with Crippen molar-refractivity contribution < 1.29 is 9.59 Å². The van der Waals surface area contributed by atoms with Crippen molar-refractivity contribution in [1.82, 2.24) is 4.90 Å². The minimum absolute atomic E-state index is 0.0650. The van der Waals surface area contributed by atoms with Crippen LogP contribution in [0, 0.1) is 0 Å². The van der Waals surface area contributed by atoms with Gasteiger partial charge in [0.05, 0.1) is 6.54 Å². The summed E-state index contributed by atoms with van der Waals surface area (Å²) in [4.78, 5) is 25.3. The minimum atomic E-state index is -0.514. The highest BCUT2D eigenvalue weighted by atomic mass is 35.5. The number of anilines is 1. The Balaban J connectivity index is 2.26. The molecule has 0 aliphatic heterocycles. The molecule has 6 heteroatoms. The van der Waals surface area contributed by atoms with E-state index >= 15 is 0 Å². The van der Waals surface area contributed by atoms with E-state index < -0.39 is 5.91 Å². The van der Waals surface area contributed by atoms with Crippen molar-refractivity contribution in [3.05, 3.63) is 28.8 Å². The summed E-state index contributed by atoms with van der Waals surface area (Å²) in [7, 11) is 0. The van der Waals surface area contributed by atoms with E-state index in [-0.39, 0.29) is 18.5 Å². The van der Waals surface area contributed by atoms with E-state index in [4.69, 9.17) is 23.1 Å². The van der Waals surface area contributed by atoms with E-state index in [1.54, 1.807) is 23.1 Å². The van der Waals surface area contributed by atoms with Crippen molar-refractivity contribution >= 4 is 29.1 Å². The van der Waals surface area contributed by atoms with Crippen molar-refractivity contribution in [2.75, 3.05) is 12.3 Å². The number of nitrogen functional groups attached to an aromatic ring is 1. The summed E-state index contributed by atoms with van der Waals surface area (Å²) in [5, 5.41) is 0.402. The molecule has 5 nitrogen and oxygen atoms in total. The van der Waals surface area contributed by atoms with Crippen LogP contribution >= 0.6 is 11.6 Å². The lowest BCUT2D eigenvalue weighted by Gasteiger charge is -2.28. The van der Waals surface area contributed by atoms with Crippen LogP contribution in [0.25, 0.3) is 0 Å². The van der Waals surface area contributed by atoms with Gasteiger partial charge in [0, 0.05) is 22.3 Å². The molecule has 0 heterocycles. The molecule has 1 saturated carbocycles. The standard InChI is InChI=1S/C14H18ClN3O2/c15-10-5-9(6-11(16)7-10)14(20)18(8-13(17)19)12-3-1-2-4-12/h5-7,12H,1-4,8,16H2,(H2,17,19). The summed E-state index contributed by atoms with van der Waals surface area (Å²) in [6.07, 6.45) is 3.92. The molecule has 2 amide bonds. The first kappa shape index (κ1) is 14.7. The summed E-state index contributed by atoms with van der Waals surface area (Å²) in [5.41, 5.74) is 11.8. The molecule has 0 spiro atoms. The third-order valence-electron chi connectivity index (χ3n) is 3.52. The van der Waals surface area contributed by atoms with Gasteiger partial charge in [0.2, 0.25) is 5.91 Å². The molecule has 20 heavy (non-hydrogen) atoms. The quantitative estimate of drug-likeness (QED) is 0.830. The van der Waals surface area contributed by atoms with Crippen molar-refractivity contribution in [3.8, 4) is 0 Å². The molecule has 4 N–H and O–H groups in total. The molecule has 0 atom stereocenters. The number of nitrogens with zero attached hydrogens (tertiary/aromatic N) is 1. The summed E-state index contributed by atoms with van der Waals surface area (Å²) in [5.74, 6) is -0.759. The van der Waals surface area contributed by atoms with Crippen LogP contribution in [-0.2, 0) is 4.79 Å². The first-order valence-electron chi connectivity index (χ1n) is 6.62. The number of halogens is 1. The van der Waals surface area contributed by atoms with Crippen LogP contribution in [0.5, 0.6) is 0 Å². The molecule has 0 unspecified atom stereocenters. The van der Waals surface area contributed by atoms with Crippen LogP contribution in [0.1, 0.15) is 36.0 Å². The molecule has 0 aromatic heterocycles. The Bertz CT molecular complexity index is 507. The topological polar surface area (TPSA) is 89.4 Å². The lowest BCUT2D eigenvalue weighted by Crippen LogP contribution is -2.44. The Morgan fingerprint density at radius 3 is 2.45 bits per heavy atom. The average molecular weight is 296 g/mol. The zero-order chi connectivity index (χ0) is 14.7. The lowest BCUT2D eigenvalue weighted by molar-refractivity contribution is -0.119. The molecule has 1 aliphatic rings. The Hall–Kier alpha value is -1.75. The van der Waals surface area contributed by atoms with E-state index in [9.17, 15) is 9.59 Å². The maximum atomic E-state index is 12.6. The number of hydrogen-bond acceptors (Lipinski definition) is 3. The maximum absolute atomic E-state index is 12.6. The van der Waals surface area contributed by atoms with Gasteiger partial charge in [-0.25, -0.2) is 0 Å². The second-order valence-corrected chi connectivity index (χ2v) is 5.55. The zero-order valence-corrected chi connectivity index (χ0v) is 11.9. The normalized spacial score (nSPS) is 15.2. The van der Waals surface area contributed by atoms with E-state index in [2.05, 4.69) is 0 Å². The number of primary amides is 1. The van der Waals surface area contributed by atoms with Gasteiger partial charge in [-0.15, -0.1) is 0 Å². The van der Waals surface area contributed by atoms with Crippen LogP contribution in [0.15, 0.2) is 18.2 Å². The number of carbonyl (C=O) groups excluding carboxylic acids is 2. The number of nitrogens with two attached hydrogens (primary N) is 2. The lowest BCUT2D eigenvalue weighted by atomic mass is 10.1. The molecule has 0 radical (unpaired) electrons. The highest BCUT2D eigenvalue weighted by Gasteiger charge is 2.28. The van der Waals surface area contributed by atoms with Gasteiger partial charge in [-0.1, -0.05) is 24.4 Å². The van der Waals surface area contributed by atoms with E-state index in [0.29, 0.717) is 16.3 Å². The second kappa shape index (κ2) is 6.13. The van der Waals surface area contributed by atoms with Crippen molar-refractivity contribution in [2.24, 2.45) is 5.73 Å². The Kier molecular flexibility index (Phi) is 4.49. The Morgan fingerprint density at radius 1 is 1.25 bits per heavy atom. The molecule has 2 rings (SSSR count). The van der Waals surface area contributed by atoms with E-state index in [0.717, 1.165) is 25.7 Å². The first-order chi connectivity index (χ1) is 9.47. The van der Waals surface area contributed by atoms with Gasteiger partial charge in [-0.3, -0.25) is 9.59 Å². The molecule has 108 valence electrons. The highest BCUT2D eigenvalue weighted by Crippen LogP contribution is 2.26. The first-order valence-corrected chi connectivity index (χ1v) is 7.00. The van der Waals surface area contributed by atoms with Gasteiger partial charge >= 0.3 is 0 Å². The molecule has 0 saturated heterocycles. The molecule has 1 aromatic rings. The predicted molar refractivity (Wildman–Crippen MR) is 78.4 cm³/mol. The van der Waals surface area contributed by atoms with Crippen LogP contribution in [0.2, 0.25) is 5.02 Å². The SMILES string of the molecule is NC(=O)CN(C(=O)c1cc(N)cc(Cl)c1)C1CCCC1. The fourth-order valence-corrected chi connectivity index (χ4v) is 2.90. The van der Waals surface area contributed by atoms with Gasteiger partial charge in [-0.05, 0) is 31.0 Å². The fraction of sp³-hybridized carbons (Fsp3) is 0.429. The molecule has 0 bridgehead atoms. The number of rotatable bonds is 4. The fourth-order valence-electron chi connectivity index (χ4n) is 2.65. The zero-order valence-electron chi connectivity index (χ0n) is 11.1. The smallest absolute Gasteiger partial charge is 0.254 e. The van der Waals surface area contributed by atoms with Crippen molar-refractivity contribution in [3.63, 3.8) is 0 Å². The highest BCUT2D eigenvalue weighted by molar-refractivity contribution is 6.31. The molecule has 1 aromatic carbocycles. The largest absolute Gasteiger partial charge is 0.399 e. The van der Waals surface area contributed by atoms with Gasteiger partial charge in [-0.2, -0.15) is 0 Å². The van der Waals surface area contributed by atoms with E-state index in [1.165, 1.54) is 0 Å². The van der Waals surface area contributed by atoms with Crippen molar-refractivity contribution in [1.29, 1.82) is 0 Å². The van der Waals surface area contributed by atoms with Crippen LogP contribution < -0.4 is 11.5 Å². The molecular formula is C14H18ClN3O2. The van der Waals surface area contributed by atoms with Crippen molar-refractivity contribution in [2.45, 2.75) is 31.7 Å². The molecule has 1 aliphatic carbocycles. The summed E-state index contributed by atoms with van der Waals surface area (Å²) >= 11 is 5.92. The summed E-state index contributed by atoms with van der Waals surface area (Å²) in [6.45, 7) is -0.0735. The maximum Gasteiger partial charge on any atom is 0.254 e. The third kappa shape index (κ3) is 3.42. The summed E-state index contributed by atoms with van der Waals surface area (Å²) in [6, 6.07) is 4.77. The van der Waals surface area contributed by atoms with Crippen LogP contribution in [-0.4, -0.2) is 29.3 Å². The second-order valence-electron chi connectivity index (χ2n) is 5.11. The monoisotopic (exact) mass is 295 g/mol. The minimum Gasteiger partial charge on any atom is -0.399 e. The number of carbonyl (C=O) groups is 2. The number of benzene rings is 1. The van der Waals surface area contributed by atoms with Gasteiger partial charge in [0.15, 0.2) is 0 Å². The Morgan fingerprint density at radius 2 is 1.90 bits per heavy atom. The van der Waals surface area contributed by atoms with Gasteiger partial charge in [0.25, 0.3) is 5.91 Å². The van der Waals surface area contributed by atoms with E-state index in [1.807, 2.05) is 0 Å². The van der Waals surface area contributed by atoms with Crippen LogP contribution in [0.4, 0.5) is 5.69 Å².